The number of hydrogen-bond acceptors (Lipinski definition) is 4. The Kier molecular flexibility index (Phi) is 1.74. The van der Waals surface area contributed by atoms with Crippen LogP contribution in [0.15, 0.2) is 24.3 Å². The van der Waals surface area contributed by atoms with E-state index in [1.807, 2.05) is 0 Å². The molecule has 1 aliphatic rings. The molecule has 0 bridgehead atoms. The van der Waals surface area contributed by atoms with Crippen LogP contribution in [0.3, 0.4) is 0 Å². The van der Waals surface area contributed by atoms with Crippen molar-refractivity contribution in [2.45, 2.75) is 18.5 Å². The average molecular weight is 221 g/mol. The van der Waals surface area contributed by atoms with Crippen molar-refractivity contribution in [1.82, 2.24) is 15.2 Å². The van der Waals surface area contributed by atoms with Gasteiger partial charge in [0, 0.05) is 0 Å². The Bertz CT molecular complexity index is 562. The van der Waals surface area contributed by atoms with Gasteiger partial charge in [0.2, 0.25) is 5.67 Å². The van der Waals surface area contributed by atoms with Crippen LogP contribution in [0.1, 0.15) is 12.8 Å². The number of alkyl halides is 1. The Morgan fingerprint density at radius 1 is 1.44 bits per heavy atom. The first-order valence-electron chi connectivity index (χ1n) is 4.91. The van der Waals surface area contributed by atoms with Gasteiger partial charge in [-0.15, -0.1) is 5.10 Å². The second kappa shape index (κ2) is 3.01. The van der Waals surface area contributed by atoms with Crippen molar-refractivity contribution >= 4 is 17.0 Å². The first kappa shape index (κ1) is 9.26. The van der Waals surface area contributed by atoms with Gasteiger partial charge in [-0.05, 0) is 30.2 Å². The molecule has 0 spiro atoms. The third-order valence-electron chi connectivity index (χ3n) is 2.55. The van der Waals surface area contributed by atoms with E-state index in [-0.39, 0.29) is 12.8 Å². The van der Waals surface area contributed by atoms with Crippen LogP contribution in [0.2, 0.25) is 0 Å². The van der Waals surface area contributed by atoms with Crippen molar-refractivity contribution in [2.75, 3.05) is 0 Å². The number of fused-ring (bicyclic) bond motifs is 1. The fourth-order valence-corrected chi connectivity index (χ4v) is 1.39. The van der Waals surface area contributed by atoms with E-state index in [1.165, 1.54) is 0 Å². The van der Waals surface area contributed by atoms with Gasteiger partial charge in [0.25, 0.3) is 0 Å². The Balaban J connectivity index is 1.92. The van der Waals surface area contributed by atoms with Gasteiger partial charge in [0.1, 0.15) is 11.0 Å². The number of benzene rings is 1. The molecular weight excluding hydrogens is 213 g/mol. The fraction of sp³-hybridized carbons (Fsp3) is 0.300. The maximum atomic E-state index is 13.3. The van der Waals surface area contributed by atoms with Gasteiger partial charge >= 0.3 is 5.97 Å². The lowest BCUT2D eigenvalue weighted by atomic mass is 10.3. The highest BCUT2D eigenvalue weighted by Crippen LogP contribution is 2.40. The van der Waals surface area contributed by atoms with Gasteiger partial charge in [-0.1, -0.05) is 17.0 Å². The lowest BCUT2D eigenvalue weighted by Crippen LogP contribution is -2.30. The molecular formula is C10H8FN3O2. The predicted molar refractivity (Wildman–Crippen MR) is 52.2 cm³/mol. The summed E-state index contributed by atoms with van der Waals surface area (Å²) in [5.41, 5.74) is -0.674. The van der Waals surface area contributed by atoms with Gasteiger partial charge in [-0.3, -0.25) is 0 Å². The van der Waals surface area contributed by atoms with Crippen molar-refractivity contribution in [3.8, 4) is 0 Å². The predicted octanol–water partition coefficient (Wildman–Crippen LogP) is 0.889. The quantitative estimate of drug-likeness (QED) is 0.706. The van der Waals surface area contributed by atoms with E-state index in [2.05, 4.69) is 10.3 Å². The molecule has 82 valence electrons. The molecule has 0 amide bonds. The third kappa shape index (κ3) is 1.34. The lowest BCUT2D eigenvalue weighted by Gasteiger charge is -2.04. The molecule has 1 aliphatic carbocycles. The smallest absolute Gasteiger partial charge is 0.314 e. The molecule has 2 aromatic rings. The van der Waals surface area contributed by atoms with Crippen LogP contribution in [-0.2, 0) is 4.79 Å². The van der Waals surface area contributed by atoms with Crippen LogP contribution in [0.4, 0.5) is 4.39 Å². The number of aromatic nitrogens is 3. The second-order valence-electron chi connectivity index (χ2n) is 3.80. The van der Waals surface area contributed by atoms with Crippen LogP contribution in [-0.4, -0.2) is 26.8 Å². The molecule has 1 saturated carbocycles. The molecule has 6 heteroatoms. The highest BCUT2D eigenvalue weighted by molar-refractivity contribution is 5.83. The van der Waals surface area contributed by atoms with E-state index in [9.17, 15) is 9.18 Å². The molecule has 0 radical (unpaired) electrons. The second-order valence-corrected chi connectivity index (χ2v) is 3.80. The van der Waals surface area contributed by atoms with Gasteiger partial charge < -0.3 is 4.84 Å². The van der Waals surface area contributed by atoms with Crippen molar-refractivity contribution < 1.29 is 14.0 Å². The first-order valence-corrected chi connectivity index (χ1v) is 4.91. The molecule has 1 heterocycles. The molecule has 0 aliphatic heterocycles. The van der Waals surface area contributed by atoms with E-state index >= 15 is 0 Å². The summed E-state index contributed by atoms with van der Waals surface area (Å²) in [6.07, 6.45) is 0.441. The standard InChI is InChI=1S/C10H8FN3O2/c11-10(5-6-10)9(15)16-14-8-4-2-1-3-7(8)12-13-14/h1-4H,5-6H2. The van der Waals surface area contributed by atoms with Crippen LogP contribution in [0.25, 0.3) is 11.0 Å². The lowest BCUT2D eigenvalue weighted by molar-refractivity contribution is -0.153. The molecule has 0 atom stereocenters. The number of carbonyl (C=O) groups excluding carboxylic acids is 1. The summed E-state index contributed by atoms with van der Waals surface area (Å²) >= 11 is 0. The van der Waals surface area contributed by atoms with Crippen molar-refractivity contribution in [1.29, 1.82) is 0 Å². The zero-order valence-corrected chi connectivity index (χ0v) is 8.26. The summed E-state index contributed by atoms with van der Waals surface area (Å²) in [4.78, 5) is 17.1. The van der Waals surface area contributed by atoms with Crippen LogP contribution in [0.5, 0.6) is 0 Å². The minimum Gasteiger partial charge on any atom is -0.314 e. The largest absolute Gasteiger partial charge is 0.371 e. The fourth-order valence-electron chi connectivity index (χ4n) is 1.39. The zero-order valence-electron chi connectivity index (χ0n) is 8.26. The molecule has 1 aromatic heterocycles. The van der Waals surface area contributed by atoms with Crippen LogP contribution >= 0.6 is 0 Å². The Hall–Kier alpha value is -1.98. The summed E-state index contributed by atoms with van der Waals surface area (Å²) in [6, 6.07) is 6.98. The van der Waals surface area contributed by atoms with Crippen molar-refractivity contribution in [3.05, 3.63) is 24.3 Å². The van der Waals surface area contributed by atoms with Crippen LogP contribution in [0, 0.1) is 0 Å². The number of rotatable bonds is 2. The molecule has 1 fully saturated rings. The molecule has 0 unspecified atom stereocenters. The Labute approximate surface area is 89.8 Å². The first-order chi connectivity index (χ1) is 7.69. The topological polar surface area (TPSA) is 57.0 Å². The number of nitrogens with zero attached hydrogens (tertiary/aromatic N) is 3. The van der Waals surface area contributed by atoms with E-state index in [0.29, 0.717) is 11.0 Å². The van der Waals surface area contributed by atoms with E-state index in [1.54, 1.807) is 24.3 Å². The summed E-state index contributed by atoms with van der Waals surface area (Å²) in [6.45, 7) is 0. The Morgan fingerprint density at radius 2 is 2.19 bits per heavy atom. The number of para-hydroxylation sites is 1. The number of halogens is 1. The van der Waals surface area contributed by atoms with Crippen molar-refractivity contribution in [2.24, 2.45) is 0 Å². The molecule has 0 saturated heterocycles. The SMILES string of the molecule is O=C(On1nnc2ccccc21)C1(F)CC1. The highest BCUT2D eigenvalue weighted by Gasteiger charge is 2.53. The molecule has 1 aromatic carbocycles. The Morgan fingerprint density at radius 3 is 2.94 bits per heavy atom. The highest BCUT2D eigenvalue weighted by atomic mass is 19.1. The summed E-state index contributed by atoms with van der Waals surface area (Å²) in [5, 5.41) is 7.42. The maximum absolute atomic E-state index is 13.3. The maximum Gasteiger partial charge on any atom is 0.371 e. The number of carbonyl (C=O) groups is 1. The van der Waals surface area contributed by atoms with E-state index < -0.39 is 11.6 Å². The van der Waals surface area contributed by atoms with Crippen LogP contribution < -0.4 is 4.84 Å². The zero-order chi connectivity index (χ0) is 11.2. The summed E-state index contributed by atoms with van der Waals surface area (Å²) < 4.78 is 13.3. The van der Waals surface area contributed by atoms with Crippen molar-refractivity contribution in [3.63, 3.8) is 0 Å². The minimum atomic E-state index is -1.81. The summed E-state index contributed by atoms with van der Waals surface area (Å²) in [7, 11) is 0. The van der Waals surface area contributed by atoms with Gasteiger partial charge in [0.05, 0.1) is 0 Å². The normalized spacial score (nSPS) is 17.3. The monoisotopic (exact) mass is 221 g/mol. The average Bonchev–Trinajstić information content (AvgIpc) is 2.92. The van der Waals surface area contributed by atoms with E-state index in [4.69, 9.17) is 4.84 Å². The van der Waals surface area contributed by atoms with Gasteiger partial charge in [-0.2, -0.15) is 0 Å². The molecule has 0 N–H and O–H groups in total. The summed E-state index contributed by atoms with van der Waals surface area (Å²) in [5.74, 6) is -0.900. The van der Waals surface area contributed by atoms with E-state index in [0.717, 1.165) is 4.85 Å². The minimum absolute atomic E-state index is 0.221. The molecule has 5 nitrogen and oxygen atoms in total. The van der Waals surface area contributed by atoms with Gasteiger partial charge in [-0.25, -0.2) is 9.18 Å². The molecule has 16 heavy (non-hydrogen) atoms. The third-order valence-corrected chi connectivity index (χ3v) is 2.55. The van der Waals surface area contributed by atoms with Gasteiger partial charge in [0.15, 0.2) is 0 Å². The number of hydrogen-bond donors (Lipinski definition) is 0. The molecule has 3 rings (SSSR count).